The Morgan fingerprint density at radius 3 is 2.73 bits per heavy atom. The molecule has 5 nitrogen and oxygen atoms in total. The standard InChI is InChI=1S/C20H26N4O.ClH/c1-3-15-7-9-16(10-8-15)24-18-6-4-5-17(18)19(22-24)20(25)23-12-11-21-14(2)13-23;/h7-10,14,21H,3-6,11-13H2,1-2H3;1H. The Morgan fingerprint density at radius 2 is 2.04 bits per heavy atom. The summed E-state index contributed by atoms with van der Waals surface area (Å²) in [5.74, 6) is 0.0930. The van der Waals surface area contributed by atoms with Crippen molar-refractivity contribution >= 4 is 18.3 Å². The monoisotopic (exact) mass is 374 g/mol. The van der Waals surface area contributed by atoms with Gasteiger partial charge in [-0.1, -0.05) is 19.1 Å². The van der Waals surface area contributed by atoms with E-state index in [-0.39, 0.29) is 18.3 Å². The third-order valence-electron chi connectivity index (χ3n) is 5.38. The Bertz CT molecular complexity index is 784. The second kappa shape index (κ2) is 7.80. The maximum atomic E-state index is 13.1. The average Bonchev–Trinajstić information content (AvgIpc) is 3.24. The van der Waals surface area contributed by atoms with Crippen molar-refractivity contribution in [3.05, 3.63) is 46.8 Å². The molecular formula is C20H27ClN4O. The first-order chi connectivity index (χ1) is 12.2. The van der Waals surface area contributed by atoms with Crippen LogP contribution in [0.2, 0.25) is 0 Å². The number of fused-ring (bicyclic) bond motifs is 1. The van der Waals surface area contributed by atoms with E-state index in [1.807, 2.05) is 9.58 Å². The second-order valence-corrected chi connectivity index (χ2v) is 7.17. The zero-order chi connectivity index (χ0) is 17.4. The number of hydrogen-bond donors (Lipinski definition) is 1. The molecule has 1 unspecified atom stereocenters. The zero-order valence-electron chi connectivity index (χ0n) is 15.5. The molecule has 1 N–H and O–H groups in total. The summed E-state index contributed by atoms with van der Waals surface area (Å²) in [4.78, 5) is 15.0. The molecule has 0 bridgehead atoms. The van der Waals surface area contributed by atoms with Crippen LogP contribution in [0.1, 0.15) is 47.6 Å². The normalized spacial score (nSPS) is 19.2. The second-order valence-electron chi connectivity index (χ2n) is 7.17. The van der Waals surface area contributed by atoms with Crippen LogP contribution in [0.25, 0.3) is 5.69 Å². The van der Waals surface area contributed by atoms with Gasteiger partial charge in [-0.05, 0) is 50.3 Å². The summed E-state index contributed by atoms with van der Waals surface area (Å²) in [6.07, 6.45) is 4.11. The number of benzene rings is 1. The number of carbonyl (C=O) groups excluding carboxylic acids is 1. The minimum Gasteiger partial charge on any atom is -0.334 e. The first-order valence-electron chi connectivity index (χ1n) is 9.40. The number of aryl methyl sites for hydroxylation is 1. The Labute approximate surface area is 161 Å². The van der Waals surface area contributed by atoms with E-state index in [9.17, 15) is 4.79 Å². The Kier molecular flexibility index (Phi) is 5.68. The van der Waals surface area contributed by atoms with Gasteiger partial charge in [0, 0.05) is 36.9 Å². The number of amides is 1. The maximum absolute atomic E-state index is 13.1. The lowest BCUT2D eigenvalue weighted by atomic mass is 10.1. The quantitative estimate of drug-likeness (QED) is 0.898. The Balaban J connectivity index is 0.00000196. The van der Waals surface area contributed by atoms with E-state index in [1.54, 1.807) is 0 Å². The summed E-state index contributed by atoms with van der Waals surface area (Å²) in [7, 11) is 0. The summed E-state index contributed by atoms with van der Waals surface area (Å²) in [5, 5.41) is 8.16. The molecule has 0 radical (unpaired) electrons. The van der Waals surface area contributed by atoms with Crippen molar-refractivity contribution in [2.75, 3.05) is 19.6 Å². The molecule has 1 atom stereocenters. The molecule has 1 aliphatic carbocycles. The summed E-state index contributed by atoms with van der Waals surface area (Å²) in [6, 6.07) is 8.88. The van der Waals surface area contributed by atoms with E-state index in [2.05, 4.69) is 43.4 Å². The number of piperazine rings is 1. The largest absolute Gasteiger partial charge is 0.334 e. The van der Waals surface area contributed by atoms with Crippen molar-refractivity contribution in [2.24, 2.45) is 0 Å². The van der Waals surface area contributed by atoms with Gasteiger partial charge in [0.1, 0.15) is 0 Å². The van der Waals surface area contributed by atoms with Crippen molar-refractivity contribution < 1.29 is 4.79 Å². The number of nitrogens with zero attached hydrogens (tertiary/aromatic N) is 3. The average molecular weight is 375 g/mol. The molecule has 1 aromatic heterocycles. The summed E-state index contributed by atoms with van der Waals surface area (Å²) in [6.45, 7) is 6.65. The van der Waals surface area contributed by atoms with Crippen LogP contribution >= 0.6 is 12.4 Å². The van der Waals surface area contributed by atoms with Crippen LogP contribution in [0.4, 0.5) is 0 Å². The lowest BCUT2D eigenvalue weighted by Gasteiger charge is -2.31. The molecule has 2 aliphatic rings. The molecule has 1 saturated heterocycles. The highest BCUT2D eigenvalue weighted by Crippen LogP contribution is 2.29. The molecule has 0 saturated carbocycles. The van der Waals surface area contributed by atoms with Gasteiger partial charge >= 0.3 is 0 Å². The molecule has 4 rings (SSSR count). The van der Waals surface area contributed by atoms with Crippen molar-refractivity contribution in [3.63, 3.8) is 0 Å². The molecule has 26 heavy (non-hydrogen) atoms. The first kappa shape index (κ1) is 18.9. The van der Waals surface area contributed by atoms with Gasteiger partial charge in [-0.25, -0.2) is 4.68 Å². The van der Waals surface area contributed by atoms with Crippen LogP contribution in [0, 0.1) is 0 Å². The molecule has 1 aliphatic heterocycles. The highest BCUT2D eigenvalue weighted by molar-refractivity contribution is 5.94. The number of rotatable bonds is 3. The molecule has 140 valence electrons. The van der Waals surface area contributed by atoms with Crippen LogP contribution < -0.4 is 5.32 Å². The topological polar surface area (TPSA) is 50.2 Å². The lowest BCUT2D eigenvalue weighted by Crippen LogP contribution is -2.51. The first-order valence-corrected chi connectivity index (χ1v) is 9.40. The summed E-state index contributed by atoms with van der Waals surface area (Å²) in [5.41, 5.74) is 5.43. The molecule has 1 fully saturated rings. The fourth-order valence-corrected chi connectivity index (χ4v) is 3.96. The predicted octanol–water partition coefficient (Wildman–Crippen LogP) is 2.78. The number of halogens is 1. The summed E-state index contributed by atoms with van der Waals surface area (Å²) >= 11 is 0. The SMILES string of the molecule is CCc1ccc(-n2nc(C(=O)N3CCNC(C)C3)c3c2CCC3)cc1.Cl. The summed E-state index contributed by atoms with van der Waals surface area (Å²) < 4.78 is 2.00. The third-order valence-corrected chi connectivity index (χ3v) is 5.38. The third kappa shape index (κ3) is 3.38. The van der Waals surface area contributed by atoms with Crippen molar-refractivity contribution in [1.82, 2.24) is 20.0 Å². The highest BCUT2D eigenvalue weighted by Gasteiger charge is 2.31. The van der Waals surface area contributed by atoms with Crippen LogP contribution in [-0.4, -0.2) is 46.3 Å². The van der Waals surface area contributed by atoms with Gasteiger partial charge in [-0.3, -0.25) is 4.79 Å². The lowest BCUT2D eigenvalue weighted by molar-refractivity contribution is 0.0701. The molecular weight excluding hydrogens is 348 g/mol. The van der Waals surface area contributed by atoms with Crippen molar-refractivity contribution in [1.29, 1.82) is 0 Å². The van der Waals surface area contributed by atoms with E-state index in [1.165, 1.54) is 11.3 Å². The smallest absolute Gasteiger partial charge is 0.274 e. The van der Waals surface area contributed by atoms with Crippen molar-refractivity contribution in [3.8, 4) is 5.69 Å². The van der Waals surface area contributed by atoms with Gasteiger partial charge in [0.2, 0.25) is 0 Å². The number of aromatic nitrogens is 2. The van der Waals surface area contributed by atoms with Crippen LogP contribution in [0.15, 0.2) is 24.3 Å². The van der Waals surface area contributed by atoms with E-state index in [0.717, 1.165) is 56.6 Å². The van der Waals surface area contributed by atoms with E-state index in [4.69, 9.17) is 5.10 Å². The van der Waals surface area contributed by atoms with E-state index < -0.39 is 0 Å². The number of carbonyl (C=O) groups is 1. The fourth-order valence-electron chi connectivity index (χ4n) is 3.96. The molecule has 1 amide bonds. The molecule has 2 heterocycles. The maximum Gasteiger partial charge on any atom is 0.274 e. The number of nitrogens with one attached hydrogen (secondary N) is 1. The van der Waals surface area contributed by atoms with Crippen molar-refractivity contribution in [2.45, 2.75) is 45.6 Å². The van der Waals surface area contributed by atoms with Gasteiger partial charge < -0.3 is 10.2 Å². The molecule has 0 spiro atoms. The van der Waals surface area contributed by atoms with Crippen LogP contribution in [0.5, 0.6) is 0 Å². The minimum absolute atomic E-state index is 0. The molecule has 6 heteroatoms. The van der Waals surface area contributed by atoms with Gasteiger partial charge in [-0.2, -0.15) is 5.10 Å². The van der Waals surface area contributed by atoms with Gasteiger partial charge in [0.15, 0.2) is 5.69 Å². The molecule has 1 aromatic carbocycles. The predicted molar refractivity (Wildman–Crippen MR) is 106 cm³/mol. The van der Waals surface area contributed by atoms with Gasteiger partial charge in [-0.15, -0.1) is 12.4 Å². The molecule has 2 aromatic rings. The van der Waals surface area contributed by atoms with E-state index in [0.29, 0.717) is 11.7 Å². The van der Waals surface area contributed by atoms with E-state index >= 15 is 0 Å². The van der Waals surface area contributed by atoms with Gasteiger partial charge in [0.25, 0.3) is 5.91 Å². The highest BCUT2D eigenvalue weighted by atomic mass is 35.5. The Hall–Kier alpha value is -1.85. The van der Waals surface area contributed by atoms with Crippen LogP contribution in [-0.2, 0) is 19.3 Å². The zero-order valence-corrected chi connectivity index (χ0v) is 16.3. The van der Waals surface area contributed by atoms with Gasteiger partial charge in [0.05, 0.1) is 5.69 Å². The van der Waals surface area contributed by atoms with Crippen LogP contribution in [0.3, 0.4) is 0 Å². The number of hydrogen-bond acceptors (Lipinski definition) is 3. The Morgan fingerprint density at radius 1 is 1.27 bits per heavy atom. The fraction of sp³-hybridized carbons (Fsp3) is 0.500. The minimum atomic E-state index is 0.